The van der Waals surface area contributed by atoms with Crippen LogP contribution in [0.3, 0.4) is 0 Å². The van der Waals surface area contributed by atoms with Gasteiger partial charge in [-0.3, -0.25) is 9.59 Å². The second kappa shape index (κ2) is 5.83. The maximum Gasteiger partial charge on any atom is 0.318 e. The van der Waals surface area contributed by atoms with Gasteiger partial charge in [0.15, 0.2) is 9.84 Å². The highest BCUT2D eigenvalue weighted by Crippen LogP contribution is 2.11. The Bertz CT molecular complexity index is 577. The van der Waals surface area contributed by atoms with Crippen LogP contribution in [0.5, 0.6) is 0 Å². The molecule has 0 spiro atoms. The average Bonchev–Trinajstić information content (AvgIpc) is 2.29. The summed E-state index contributed by atoms with van der Waals surface area (Å²) in [4.78, 5) is 22.2. The highest BCUT2D eigenvalue weighted by atomic mass is 32.2. The second-order valence-electron chi connectivity index (χ2n) is 4.20. The summed E-state index contributed by atoms with van der Waals surface area (Å²) in [6.07, 6.45) is 0. The van der Waals surface area contributed by atoms with E-state index < -0.39 is 32.7 Å². The molecule has 1 unspecified atom stereocenters. The van der Waals surface area contributed by atoms with E-state index in [9.17, 15) is 18.0 Å². The van der Waals surface area contributed by atoms with Crippen LogP contribution in [0.1, 0.15) is 12.5 Å². The molecule has 1 aromatic carbocycles. The zero-order valence-corrected chi connectivity index (χ0v) is 11.4. The Morgan fingerprint density at radius 2 is 1.79 bits per heavy atom. The lowest BCUT2D eigenvalue weighted by atomic mass is 10.2. The molecule has 0 radical (unpaired) electrons. The molecule has 1 atom stereocenters. The van der Waals surface area contributed by atoms with E-state index in [1.54, 1.807) is 24.3 Å². The van der Waals surface area contributed by atoms with Gasteiger partial charge >= 0.3 is 5.97 Å². The normalized spacial score (nSPS) is 12.7. The van der Waals surface area contributed by atoms with Crippen molar-refractivity contribution < 1.29 is 23.1 Å². The van der Waals surface area contributed by atoms with Crippen molar-refractivity contribution in [1.82, 2.24) is 0 Å². The molecule has 0 aromatic heterocycles. The first kappa shape index (κ1) is 15.2. The fourth-order valence-corrected chi connectivity index (χ4v) is 2.32. The summed E-state index contributed by atoms with van der Waals surface area (Å²) in [6, 6.07) is 6.82. The third-order valence-corrected chi connectivity index (χ3v) is 4.49. The fourth-order valence-electron chi connectivity index (χ4n) is 1.34. The Kier molecular flexibility index (Phi) is 4.66. The monoisotopic (exact) mass is 285 g/mol. The van der Waals surface area contributed by atoms with Crippen molar-refractivity contribution in [3.63, 3.8) is 0 Å². The summed E-state index contributed by atoms with van der Waals surface area (Å²) < 4.78 is 23.2. The quantitative estimate of drug-likeness (QED) is 0.834. The van der Waals surface area contributed by atoms with Crippen LogP contribution in [-0.2, 0) is 19.4 Å². The molecule has 7 heteroatoms. The van der Waals surface area contributed by atoms with E-state index in [0.29, 0.717) is 5.69 Å². The van der Waals surface area contributed by atoms with Gasteiger partial charge in [0.25, 0.3) is 0 Å². The van der Waals surface area contributed by atoms with Gasteiger partial charge in [-0.05, 0) is 26.0 Å². The Hall–Kier alpha value is -1.89. The molecule has 1 aromatic rings. The number of carboxylic acid groups (broad SMARTS) is 1. The highest BCUT2D eigenvalue weighted by Gasteiger charge is 2.30. The Morgan fingerprint density at radius 1 is 1.26 bits per heavy atom. The van der Waals surface area contributed by atoms with Gasteiger partial charge in [-0.2, -0.15) is 0 Å². The first-order valence-corrected chi connectivity index (χ1v) is 7.25. The molecule has 0 bridgehead atoms. The maximum absolute atomic E-state index is 11.7. The third-order valence-electron chi connectivity index (χ3n) is 2.55. The molecule has 0 saturated heterocycles. The Morgan fingerprint density at radius 3 is 2.26 bits per heavy atom. The lowest BCUT2D eigenvalue weighted by molar-refractivity contribution is -0.134. The van der Waals surface area contributed by atoms with E-state index in [2.05, 4.69) is 5.32 Å². The van der Waals surface area contributed by atoms with Gasteiger partial charge in [-0.15, -0.1) is 0 Å². The summed E-state index contributed by atoms with van der Waals surface area (Å²) in [6.45, 7) is 3.05. The van der Waals surface area contributed by atoms with E-state index in [1.165, 1.54) is 6.92 Å². The molecular weight excluding hydrogens is 270 g/mol. The smallest absolute Gasteiger partial charge is 0.318 e. The number of benzene rings is 1. The van der Waals surface area contributed by atoms with Crippen molar-refractivity contribution in [2.45, 2.75) is 19.1 Å². The molecule has 0 aliphatic carbocycles. The summed E-state index contributed by atoms with van der Waals surface area (Å²) in [5.74, 6) is -3.28. The molecule has 1 rings (SSSR count). The van der Waals surface area contributed by atoms with Gasteiger partial charge in [-0.25, -0.2) is 8.42 Å². The first-order valence-electron chi connectivity index (χ1n) is 5.53. The van der Waals surface area contributed by atoms with Crippen LogP contribution in [0.15, 0.2) is 24.3 Å². The summed E-state index contributed by atoms with van der Waals surface area (Å²) in [5, 5.41) is 9.51. The van der Waals surface area contributed by atoms with Crippen LogP contribution in [0, 0.1) is 6.92 Å². The predicted molar refractivity (Wildman–Crippen MR) is 70.7 cm³/mol. The van der Waals surface area contributed by atoms with Crippen LogP contribution in [0.4, 0.5) is 5.69 Å². The molecule has 19 heavy (non-hydrogen) atoms. The molecule has 0 aliphatic heterocycles. The number of aliphatic carboxylic acids is 1. The number of hydrogen-bond acceptors (Lipinski definition) is 4. The highest BCUT2D eigenvalue weighted by molar-refractivity contribution is 7.93. The van der Waals surface area contributed by atoms with Crippen LogP contribution >= 0.6 is 0 Å². The Labute approximate surface area is 111 Å². The van der Waals surface area contributed by atoms with Crippen molar-refractivity contribution in [2.75, 3.05) is 11.1 Å². The Balaban J connectivity index is 2.78. The summed E-state index contributed by atoms with van der Waals surface area (Å²) >= 11 is 0. The lowest BCUT2D eigenvalue weighted by Crippen LogP contribution is -2.35. The minimum Gasteiger partial charge on any atom is -0.480 e. The van der Waals surface area contributed by atoms with Gasteiger partial charge in [0.2, 0.25) is 5.91 Å². The van der Waals surface area contributed by atoms with E-state index in [1.807, 2.05) is 6.92 Å². The van der Waals surface area contributed by atoms with Crippen molar-refractivity contribution in [3.8, 4) is 0 Å². The summed E-state index contributed by atoms with van der Waals surface area (Å²) in [5.41, 5.74) is 1.47. The third kappa shape index (κ3) is 4.36. The summed E-state index contributed by atoms with van der Waals surface area (Å²) in [7, 11) is -4.00. The predicted octanol–water partition coefficient (Wildman–Crippen LogP) is 0.821. The molecule has 0 saturated carbocycles. The van der Waals surface area contributed by atoms with Gasteiger partial charge in [0.1, 0.15) is 11.0 Å². The molecule has 1 amide bonds. The largest absolute Gasteiger partial charge is 0.480 e. The number of amides is 1. The number of carbonyl (C=O) groups excluding carboxylic acids is 1. The lowest BCUT2D eigenvalue weighted by Gasteiger charge is -2.12. The van der Waals surface area contributed by atoms with Gasteiger partial charge in [-0.1, -0.05) is 17.7 Å². The molecule has 6 nitrogen and oxygen atoms in total. The van der Waals surface area contributed by atoms with E-state index in [0.717, 1.165) is 5.56 Å². The van der Waals surface area contributed by atoms with Crippen molar-refractivity contribution >= 4 is 27.4 Å². The van der Waals surface area contributed by atoms with E-state index in [4.69, 9.17) is 5.11 Å². The van der Waals surface area contributed by atoms with Crippen molar-refractivity contribution in [1.29, 1.82) is 0 Å². The zero-order chi connectivity index (χ0) is 14.6. The average molecular weight is 285 g/mol. The van der Waals surface area contributed by atoms with Crippen molar-refractivity contribution in [3.05, 3.63) is 29.8 Å². The maximum atomic E-state index is 11.7. The van der Waals surface area contributed by atoms with E-state index >= 15 is 0 Å². The number of sulfone groups is 1. The first-order chi connectivity index (χ1) is 8.72. The van der Waals surface area contributed by atoms with Crippen LogP contribution in [-0.4, -0.2) is 36.4 Å². The molecule has 0 heterocycles. The van der Waals surface area contributed by atoms with Crippen LogP contribution < -0.4 is 5.32 Å². The van der Waals surface area contributed by atoms with Crippen LogP contribution in [0.2, 0.25) is 0 Å². The molecule has 104 valence electrons. The number of anilines is 1. The second-order valence-corrected chi connectivity index (χ2v) is 6.52. The zero-order valence-electron chi connectivity index (χ0n) is 10.6. The van der Waals surface area contributed by atoms with Crippen LogP contribution in [0.25, 0.3) is 0 Å². The number of carboxylic acids is 1. The molecular formula is C12H15NO5S. The van der Waals surface area contributed by atoms with Crippen molar-refractivity contribution in [2.24, 2.45) is 0 Å². The fraction of sp³-hybridized carbons (Fsp3) is 0.333. The number of aryl methyl sites for hydroxylation is 1. The number of hydrogen-bond donors (Lipinski definition) is 2. The van der Waals surface area contributed by atoms with Gasteiger partial charge in [0, 0.05) is 5.69 Å². The van der Waals surface area contributed by atoms with Gasteiger partial charge in [0.05, 0.1) is 0 Å². The van der Waals surface area contributed by atoms with Gasteiger partial charge < -0.3 is 10.4 Å². The SMILES string of the molecule is Cc1ccc(NC(=O)C(C)S(=O)(=O)CC(=O)O)cc1. The minimum absolute atomic E-state index is 0.466. The number of nitrogens with one attached hydrogen (secondary N) is 1. The van der Waals surface area contributed by atoms with E-state index in [-0.39, 0.29) is 0 Å². The topological polar surface area (TPSA) is 101 Å². The molecule has 0 fully saturated rings. The number of carbonyl (C=O) groups is 2. The minimum atomic E-state index is -4.00. The number of rotatable bonds is 5. The molecule has 2 N–H and O–H groups in total. The molecule has 0 aliphatic rings. The standard InChI is InChI=1S/C12H15NO5S/c1-8-3-5-10(6-4-8)13-12(16)9(2)19(17,18)7-11(14)15/h3-6,9H,7H2,1-2H3,(H,13,16)(H,14,15).